The maximum atomic E-state index is 7.28. The van der Waals surface area contributed by atoms with Gasteiger partial charge in [-0.1, -0.05) is 16.9 Å². The van der Waals surface area contributed by atoms with Gasteiger partial charge in [-0.05, 0) is 24.5 Å². The quantitative estimate of drug-likeness (QED) is 0.756. The number of hydrogen-bond donors (Lipinski definition) is 1. The van der Waals surface area contributed by atoms with E-state index in [2.05, 4.69) is 5.27 Å². The lowest BCUT2D eigenvalue weighted by Gasteiger charge is -2.19. The van der Waals surface area contributed by atoms with E-state index in [-0.39, 0.29) is 5.55 Å². The van der Waals surface area contributed by atoms with E-state index in [4.69, 9.17) is 9.93 Å². The molecule has 1 heterocycles. The number of nitrogens with zero attached hydrogens (tertiary/aromatic N) is 4. The Labute approximate surface area is 99.1 Å². The summed E-state index contributed by atoms with van der Waals surface area (Å²) in [5.74, 6) is 0. The first-order valence-electron chi connectivity index (χ1n) is 5.19. The zero-order chi connectivity index (χ0) is 12.4. The van der Waals surface area contributed by atoms with Crippen LogP contribution in [0.25, 0.3) is 0 Å². The first kappa shape index (κ1) is 11.3. The average molecular weight is 233 g/mol. The molecular formula is C11H15N5O. The van der Waals surface area contributed by atoms with Gasteiger partial charge >= 0.3 is 0 Å². The number of nitrogens with one attached hydrogen (secondary N) is 1. The molecule has 90 valence electrons. The van der Waals surface area contributed by atoms with Crippen LogP contribution in [0.4, 0.5) is 11.4 Å². The molecule has 6 heteroatoms. The topological polar surface area (TPSA) is 61.5 Å². The lowest BCUT2D eigenvalue weighted by molar-refractivity contribution is -0.753. The summed E-state index contributed by atoms with van der Waals surface area (Å²) in [6.07, 6.45) is 1.50. The van der Waals surface area contributed by atoms with Gasteiger partial charge in [-0.3, -0.25) is 5.41 Å². The van der Waals surface area contributed by atoms with E-state index in [1.807, 2.05) is 50.3 Å². The Morgan fingerprint density at radius 1 is 1.12 bits per heavy atom. The Hall–Kier alpha value is -2.24. The second-order valence-corrected chi connectivity index (χ2v) is 3.92. The highest BCUT2D eigenvalue weighted by molar-refractivity contribution is 5.54. The van der Waals surface area contributed by atoms with Crippen molar-refractivity contribution in [2.24, 2.45) is 0 Å². The third-order valence-electron chi connectivity index (χ3n) is 2.50. The zero-order valence-electron chi connectivity index (χ0n) is 10.1. The van der Waals surface area contributed by atoms with Crippen LogP contribution >= 0.6 is 0 Å². The molecule has 0 aliphatic heterocycles. The molecule has 2 rings (SSSR count). The minimum Gasteiger partial charge on any atom is -0.380 e. The summed E-state index contributed by atoms with van der Waals surface area (Å²) in [7, 11) is 5.85. The Kier molecular flexibility index (Phi) is 2.86. The van der Waals surface area contributed by atoms with Gasteiger partial charge in [-0.15, -0.1) is 0 Å². The molecule has 0 atom stereocenters. The van der Waals surface area contributed by atoms with Crippen LogP contribution < -0.4 is 25.5 Å². The van der Waals surface area contributed by atoms with Gasteiger partial charge in [-0.2, -0.15) is 0 Å². The van der Waals surface area contributed by atoms with E-state index < -0.39 is 0 Å². The molecule has 17 heavy (non-hydrogen) atoms. The summed E-state index contributed by atoms with van der Waals surface area (Å²) < 4.78 is 4.70. The molecule has 6 nitrogen and oxygen atoms in total. The Bertz CT molecular complexity index is 539. The SMILES string of the molecule is CN(C)c1ccc(N(C)[n+]2cc(=N)o[n-]2)cc1. The van der Waals surface area contributed by atoms with E-state index in [0.717, 1.165) is 11.4 Å². The molecule has 0 aliphatic rings. The van der Waals surface area contributed by atoms with Crippen molar-refractivity contribution in [1.82, 2.24) is 5.27 Å². The van der Waals surface area contributed by atoms with Gasteiger partial charge in [0.2, 0.25) is 0 Å². The molecule has 0 spiro atoms. The number of rotatable bonds is 3. The van der Waals surface area contributed by atoms with Gasteiger partial charge in [-0.25, -0.2) is 5.01 Å². The smallest absolute Gasteiger partial charge is 0.286 e. The van der Waals surface area contributed by atoms with Crippen molar-refractivity contribution in [3.8, 4) is 0 Å². The van der Waals surface area contributed by atoms with Crippen molar-refractivity contribution >= 4 is 11.4 Å². The van der Waals surface area contributed by atoms with Gasteiger partial charge < -0.3 is 9.42 Å². The van der Waals surface area contributed by atoms with Crippen LogP contribution in [-0.2, 0) is 0 Å². The van der Waals surface area contributed by atoms with E-state index >= 15 is 0 Å². The molecule has 2 aromatic rings. The van der Waals surface area contributed by atoms with E-state index in [9.17, 15) is 0 Å². The molecule has 1 aromatic carbocycles. The van der Waals surface area contributed by atoms with Crippen molar-refractivity contribution in [2.75, 3.05) is 31.1 Å². The molecule has 1 N–H and O–H groups in total. The minimum absolute atomic E-state index is 0.0294. The second kappa shape index (κ2) is 4.32. The fraction of sp³-hybridized carbons (Fsp3) is 0.273. The summed E-state index contributed by atoms with van der Waals surface area (Å²) in [5.41, 5.74) is 2.13. The second-order valence-electron chi connectivity index (χ2n) is 3.92. The molecule has 0 amide bonds. The number of anilines is 2. The van der Waals surface area contributed by atoms with Crippen molar-refractivity contribution in [1.29, 1.82) is 5.41 Å². The highest BCUT2D eigenvalue weighted by atomic mass is 16.5. The van der Waals surface area contributed by atoms with Crippen LogP contribution in [0.15, 0.2) is 35.0 Å². The lowest BCUT2D eigenvalue weighted by Crippen LogP contribution is -2.54. The van der Waals surface area contributed by atoms with Crippen LogP contribution in [0, 0.1) is 5.41 Å². The third kappa shape index (κ3) is 2.30. The van der Waals surface area contributed by atoms with Gasteiger partial charge in [0.05, 0.1) is 0 Å². The number of hydrogen-bond acceptors (Lipinski definition) is 4. The van der Waals surface area contributed by atoms with E-state index in [1.165, 1.54) is 11.0 Å². The van der Waals surface area contributed by atoms with Gasteiger partial charge in [0.15, 0.2) is 0 Å². The number of benzene rings is 1. The van der Waals surface area contributed by atoms with Gasteiger partial charge in [0, 0.05) is 25.5 Å². The molecule has 1 aromatic heterocycles. The molecule has 0 radical (unpaired) electrons. The maximum absolute atomic E-state index is 7.28. The fourth-order valence-electron chi connectivity index (χ4n) is 1.46. The van der Waals surface area contributed by atoms with E-state index in [0.29, 0.717) is 0 Å². The Morgan fingerprint density at radius 3 is 2.18 bits per heavy atom. The lowest BCUT2D eigenvalue weighted by atomic mass is 10.2. The number of aromatic nitrogens is 2. The van der Waals surface area contributed by atoms with Crippen LogP contribution in [0.2, 0.25) is 0 Å². The third-order valence-corrected chi connectivity index (χ3v) is 2.50. The predicted molar refractivity (Wildman–Crippen MR) is 62.6 cm³/mol. The first-order chi connectivity index (χ1) is 8.08. The first-order valence-corrected chi connectivity index (χ1v) is 5.19. The Balaban J connectivity index is 2.25. The fourth-order valence-corrected chi connectivity index (χ4v) is 1.46. The van der Waals surface area contributed by atoms with Crippen LogP contribution in [0.1, 0.15) is 0 Å². The van der Waals surface area contributed by atoms with Crippen molar-refractivity contribution in [3.05, 3.63) is 36.0 Å². The summed E-state index contributed by atoms with van der Waals surface area (Å²) in [5, 5.41) is 12.8. The molecule has 0 unspecified atom stereocenters. The van der Waals surface area contributed by atoms with Crippen LogP contribution in [0.3, 0.4) is 0 Å². The summed E-state index contributed by atoms with van der Waals surface area (Å²) in [4.78, 5) is 3.52. The largest absolute Gasteiger partial charge is 0.380 e. The van der Waals surface area contributed by atoms with Crippen LogP contribution in [0.5, 0.6) is 0 Å². The molecule has 0 saturated heterocycles. The molecule has 0 fully saturated rings. The molecule has 0 aliphatic carbocycles. The molecular weight excluding hydrogens is 218 g/mol. The van der Waals surface area contributed by atoms with E-state index in [1.54, 1.807) is 5.01 Å². The van der Waals surface area contributed by atoms with Gasteiger partial charge in [0.25, 0.3) is 11.8 Å². The normalized spacial score (nSPS) is 10.3. The zero-order valence-corrected chi connectivity index (χ0v) is 10.1. The summed E-state index contributed by atoms with van der Waals surface area (Å²) in [6, 6.07) is 8.02. The van der Waals surface area contributed by atoms with Crippen molar-refractivity contribution in [2.45, 2.75) is 0 Å². The predicted octanol–water partition coefficient (Wildman–Crippen LogP) is -0.0307. The highest BCUT2D eigenvalue weighted by Crippen LogP contribution is 2.16. The van der Waals surface area contributed by atoms with Gasteiger partial charge in [0.1, 0.15) is 0 Å². The monoisotopic (exact) mass is 233 g/mol. The van der Waals surface area contributed by atoms with Crippen molar-refractivity contribution in [3.63, 3.8) is 0 Å². The average Bonchev–Trinajstić information content (AvgIpc) is 2.75. The summed E-state index contributed by atoms with van der Waals surface area (Å²) >= 11 is 0. The maximum Gasteiger partial charge on any atom is 0.286 e. The molecule has 0 bridgehead atoms. The van der Waals surface area contributed by atoms with Crippen molar-refractivity contribution < 1.29 is 9.31 Å². The van der Waals surface area contributed by atoms with Crippen LogP contribution in [-0.4, -0.2) is 21.1 Å². The highest BCUT2D eigenvalue weighted by Gasteiger charge is 2.05. The Morgan fingerprint density at radius 2 is 1.71 bits per heavy atom. The molecule has 0 saturated carbocycles. The minimum atomic E-state index is 0.0294. The summed E-state index contributed by atoms with van der Waals surface area (Å²) in [6.45, 7) is 0. The standard InChI is InChI=1S/C11H15N5O/c1-14(2)9-4-6-10(7-5-9)15(3)16-8-11(12)17-13-16/h4-8,12H,1-3H3.